The lowest BCUT2D eigenvalue weighted by Crippen LogP contribution is -2.52. The van der Waals surface area contributed by atoms with Crippen LogP contribution in [0.4, 0.5) is 10.1 Å². The zero-order valence-electron chi connectivity index (χ0n) is 31.9. The quantitative estimate of drug-likeness (QED) is 0.402. The summed E-state index contributed by atoms with van der Waals surface area (Å²) < 4.78 is 55.3. The molecule has 2 aliphatic carbocycles. The third-order valence-corrected chi connectivity index (χ3v) is 14.0. The van der Waals surface area contributed by atoms with E-state index in [1.807, 2.05) is 22.9 Å². The van der Waals surface area contributed by atoms with Crippen molar-refractivity contribution in [2.45, 2.75) is 68.2 Å². The van der Waals surface area contributed by atoms with Crippen molar-refractivity contribution in [3.05, 3.63) is 70.3 Å². The van der Waals surface area contributed by atoms with Crippen LogP contribution in [0.25, 0.3) is 0 Å². The summed E-state index contributed by atoms with van der Waals surface area (Å²) in [4.78, 5) is 33.5. The van der Waals surface area contributed by atoms with E-state index in [4.69, 9.17) is 21.1 Å². The van der Waals surface area contributed by atoms with Crippen molar-refractivity contribution in [1.82, 2.24) is 18.8 Å². The third-order valence-electron chi connectivity index (χ3n) is 12.4. The molecule has 0 unspecified atom stereocenters. The average molecular weight is 802 g/mol. The van der Waals surface area contributed by atoms with Gasteiger partial charge in [0.15, 0.2) is 5.60 Å². The van der Waals surface area contributed by atoms with Crippen molar-refractivity contribution in [2.75, 3.05) is 78.5 Å². The molecule has 3 heterocycles. The molecular weight excluding hydrogens is 749 g/mol. The van der Waals surface area contributed by atoms with Gasteiger partial charge in [-0.2, -0.15) is 12.7 Å². The molecule has 5 atom stereocenters. The number of fused-ring (bicyclic) bond motifs is 4. The van der Waals surface area contributed by atoms with Gasteiger partial charge in [0.05, 0.1) is 31.4 Å². The largest absolute Gasteiger partial charge is 0.490 e. The fourth-order valence-electron chi connectivity index (χ4n) is 8.82. The molecule has 1 saturated heterocycles. The molecule has 15 heteroatoms. The van der Waals surface area contributed by atoms with E-state index in [2.05, 4.69) is 21.9 Å². The van der Waals surface area contributed by atoms with Crippen molar-refractivity contribution in [1.29, 1.82) is 0 Å². The first-order valence-electron chi connectivity index (χ1n) is 19.3. The highest BCUT2D eigenvalue weighted by Gasteiger charge is 2.47. The number of nitrogens with zero attached hydrogens (tertiary/aromatic N) is 4. The van der Waals surface area contributed by atoms with Gasteiger partial charge < -0.3 is 24.4 Å². The maximum Gasteiger partial charge on any atom is 0.303 e. The topological polar surface area (TPSA) is 132 Å². The second-order valence-corrected chi connectivity index (χ2v) is 18.6. The van der Waals surface area contributed by atoms with Crippen LogP contribution in [0.1, 0.15) is 55.2 Å². The lowest BCUT2D eigenvalue weighted by atomic mass is 9.68. The zero-order valence-corrected chi connectivity index (χ0v) is 33.5. The summed E-state index contributed by atoms with van der Waals surface area (Å²) >= 11 is 6.48. The van der Waals surface area contributed by atoms with Crippen LogP contribution in [0.15, 0.2) is 48.6 Å². The van der Waals surface area contributed by atoms with E-state index in [0.717, 1.165) is 36.4 Å². The van der Waals surface area contributed by atoms with E-state index < -0.39 is 40.2 Å². The number of carbonyl (C=O) groups is 2. The van der Waals surface area contributed by atoms with Gasteiger partial charge in [-0.15, -0.1) is 0 Å². The second kappa shape index (κ2) is 15.9. The monoisotopic (exact) mass is 801 g/mol. The Kier molecular flexibility index (Phi) is 11.6. The third kappa shape index (κ3) is 8.26. The number of benzene rings is 2. The molecule has 1 spiro atoms. The van der Waals surface area contributed by atoms with Crippen LogP contribution in [0.2, 0.25) is 5.02 Å². The molecule has 0 aromatic heterocycles. The molecular formula is C40H53ClFN5O7S. The number of likely N-dealkylation sites (tertiary alicyclic amines) is 1. The lowest BCUT2D eigenvalue weighted by molar-refractivity contribution is -0.148. The van der Waals surface area contributed by atoms with E-state index in [1.54, 1.807) is 25.2 Å². The lowest BCUT2D eigenvalue weighted by Gasteiger charge is -2.46. The predicted octanol–water partition coefficient (Wildman–Crippen LogP) is 3.80. The molecule has 1 saturated carbocycles. The number of carbonyl (C=O) groups excluding carboxylic acids is 2. The van der Waals surface area contributed by atoms with Gasteiger partial charge in [-0.1, -0.05) is 35.9 Å². The standard InChI is InChI=1S/C40H53ClFN5O7S/c1-44(2)55(51,52)43-38(49)40(50)21-37(48)45(3)16-5-4-8-35(53-18-17-46-23-31(42)24-46)32-12-9-28(32)22-47-25-39(26-54-36-14-10-29(40)20-34(36)47)15-6-7-27-19-30(41)11-13-33(27)39/h4,8,10-11,13-14,19-20,28,31-32,35,50H,5-7,9,12,15-18,21-26H2,1-3H3,(H,43,49)/b8-4+/t28-,32+,35-,39-,40+/m0/s1. The average Bonchev–Trinajstić information content (AvgIpc) is 3.26. The Labute approximate surface area is 328 Å². The highest BCUT2D eigenvalue weighted by atomic mass is 35.5. The second-order valence-electron chi connectivity index (χ2n) is 16.3. The minimum atomic E-state index is -4.31. The number of nitrogens with one attached hydrogen (secondary N) is 1. The number of halogens is 2. The molecule has 300 valence electrons. The Morgan fingerprint density at radius 1 is 1.16 bits per heavy atom. The number of ether oxygens (including phenoxy) is 2. The number of anilines is 1. The number of alkyl halides is 1. The van der Waals surface area contributed by atoms with Crippen molar-refractivity contribution >= 4 is 39.3 Å². The van der Waals surface area contributed by atoms with Gasteiger partial charge in [0.2, 0.25) is 5.91 Å². The van der Waals surface area contributed by atoms with Gasteiger partial charge in [-0.05, 0) is 91.3 Å². The van der Waals surface area contributed by atoms with Gasteiger partial charge in [0.1, 0.15) is 11.9 Å². The maximum absolute atomic E-state index is 13.9. The summed E-state index contributed by atoms with van der Waals surface area (Å²) in [5.74, 6) is -0.749. The first kappa shape index (κ1) is 39.9. The van der Waals surface area contributed by atoms with Crippen molar-refractivity contribution in [2.24, 2.45) is 11.8 Å². The molecule has 2 aromatic carbocycles. The number of rotatable bonds is 7. The summed E-state index contributed by atoms with van der Waals surface area (Å²) in [5, 5.41) is 13.0. The van der Waals surface area contributed by atoms with Crippen LogP contribution in [0.3, 0.4) is 0 Å². The summed E-state index contributed by atoms with van der Waals surface area (Å²) in [6, 6.07) is 11.0. The van der Waals surface area contributed by atoms with Gasteiger partial charge in [0, 0.05) is 70.8 Å². The van der Waals surface area contributed by atoms with Crippen molar-refractivity contribution in [3.63, 3.8) is 0 Å². The Hall–Kier alpha value is -3.27. The normalized spacial score (nSPS) is 29.7. The number of amides is 2. The van der Waals surface area contributed by atoms with E-state index >= 15 is 0 Å². The summed E-state index contributed by atoms with van der Waals surface area (Å²) in [6.45, 7) is 3.96. The summed E-state index contributed by atoms with van der Waals surface area (Å²) in [7, 11) is -0.173. The highest BCUT2D eigenvalue weighted by Crippen LogP contribution is 2.48. The van der Waals surface area contributed by atoms with Gasteiger partial charge in [-0.25, -0.2) is 9.11 Å². The Balaban J connectivity index is 1.29. The zero-order chi connectivity index (χ0) is 39.1. The SMILES string of the molecule is CN1CC/C=C/[C@H](OCCN2CC(F)C2)[C@@H]2CC[C@H]2CN2C[C@@]3(CCCc4cc(Cl)ccc43)COc3ccc(cc32)[C@@](O)(C(=O)NS(=O)(=O)N(C)C)CC1=O. The molecule has 12 nitrogen and oxygen atoms in total. The smallest absolute Gasteiger partial charge is 0.303 e. The molecule has 3 aliphatic heterocycles. The number of hydrogen-bond donors (Lipinski definition) is 2. The maximum atomic E-state index is 13.9. The first-order chi connectivity index (χ1) is 26.2. The summed E-state index contributed by atoms with van der Waals surface area (Å²) in [5.41, 5.74) is 0.210. The molecule has 2 aromatic rings. The van der Waals surface area contributed by atoms with E-state index in [0.29, 0.717) is 75.4 Å². The molecule has 55 heavy (non-hydrogen) atoms. The predicted molar refractivity (Wildman–Crippen MR) is 208 cm³/mol. The van der Waals surface area contributed by atoms with Crippen molar-refractivity contribution in [3.8, 4) is 5.75 Å². The molecule has 2 N–H and O–H groups in total. The molecule has 2 fully saturated rings. The number of aliphatic hydroxyl groups is 1. The first-order valence-corrected chi connectivity index (χ1v) is 21.2. The fraction of sp³-hybridized carbons (Fsp3) is 0.600. The molecule has 2 bridgehead atoms. The number of hydrogen-bond acceptors (Lipinski definition) is 9. The fourth-order valence-corrected chi connectivity index (χ4v) is 9.60. The molecule has 7 rings (SSSR count). The molecule has 2 amide bonds. The van der Waals surface area contributed by atoms with E-state index in [1.165, 1.54) is 30.1 Å². The van der Waals surface area contributed by atoms with Gasteiger partial charge >= 0.3 is 10.2 Å². The van der Waals surface area contributed by atoms with E-state index in [-0.39, 0.29) is 28.9 Å². The Morgan fingerprint density at radius 2 is 1.96 bits per heavy atom. The summed E-state index contributed by atoms with van der Waals surface area (Å²) in [6.07, 6.45) is 7.68. The van der Waals surface area contributed by atoms with Crippen molar-refractivity contribution < 1.29 is 37.0 Å². The number of aryl methyl sites for hydroxylation is 1. The molecule has 0 radical (unpaired) electrons. The van der Waals surface area contributed by atoms with Crippen LogP contribution < -0.4 is 14.4 Å². The van der Waals surface area contributed by atoms with Gasteiger partial charge in [-0.3, -0.25) is 14.5 Å². The minimum absolute atomic E-state index is 0.0831. The van der Waals surface area contributed by atoms with Crippen LogP contribution in [0.5, 0.6) is 5.75 Å². The van der Waals surface area contributed by atoms with Crippen LogP contribution in [-0.2, 0) is 42.0 Å². The Morgan fingerprint density at radius 3 is 2.69 bits per heavy atom. The highest BCUT2D eigenvalue weighted by molar-refractivity contribution is 7.87. The minimum Gasteiger partial charge on any atom is -0.490 e. The van der Waals surface area contributed by atoms with E-state index in [9.17, 15) is 27.5 Å². The van der Waals surface area contributed by atoms with Crippen LogP contribution >= 0.6 is 11.6 Å². The molecule has 5 aliphatic rings. The van der Waals surface area contributed by atoms with Crippen LogP contribution in [0, 0.1) is 11.8 Å². The van der Waals surface area contributed by atoms with Crippen LogP contribution in [-0.4, -0.2) is 125 Å². The van der Waals surface area contributed by atoms with Gasteiger partial charge in [0.25, 0.3) is 5.91 Å². The Bertz CT molecular complexity index is 1910.